The van der Waals surface area contributed by atoms with Crippen molar-refractivity contribution in [1.82, 2.24) is 9.88 Å². The van der Waals surface area contributed by atoms with Gasteiger partial charge in [0.1, 0.15) is 0 Å². The van der Waals surface area contributed by atoms with Gasteiger partial charge in [0.05, 0.1) is 23.7 Å². The lowest BCUT2D eigenvalue weighted by molar-refractivity contribution is -0.0707. The van der Waals surface area contributed by atoms with Gasteiger partial charge >= 0.3 is 0 Å². The lowest BCUT2D eigenvalue weighted by Crippen LogP contribution is -2.44. The number of anilines is 2. The van der Waals surface area contributed by atoms with Gasteiger partial charge in [0, 0.05) is 36.3 Å². The number of hydrogen-bond acceptors (Lipinski definition) is 7. The van der Waals surface area contributed by atoms with E-state index < -0.39 is 10.0 Å². The third-order valence-electron chi connectivity index (χ3n) is 4.52. The fourth-order valence-electron chi connectivity index (χ4n) is 3.47. The third-order valence-corrected chi connectivity index (χ3v) is 6.82. The molecule has 2 unspecified atom stereocenters. The van der Waals surface area contributed by atoms with Crippen LogP contribution in [-0.4, -0.2) is 55.3 Å². The summed E-state index contributed by atoms with van der Waals surface area (Å²) in [4.78, 5) is 19.4. The molecule has 1 aromatic heterocycles. The second-order valence-corrected chi connectivity index (χ2v) is 10.3. The minimum atomic E-state index is -3.41. The SMILES string of the molecule is CCCS(=O)(=O)Nc1cccc(C(=O)Nc2nc(CN3CC(C)OC(C)C3)cs2)c1. The number of hydrogen-bond donors (Lipinski definition) is 2. The quantitative estimate of drug-likeness (QED) is 0.638. The highest BCUT2D eigenvalue weighted by Gasteiger charge is 2.23. The number of amides is 1. The molecule has 1 fully saturated rings. The highest BCUT2D eigenvalue weighted by Crippen LogP contribution is 2.21. The standard InChI is InChI=1S/C20H28N4O4S2/c1-4-8-30(26,27)23-17-7-5-6-16(9-17)19(25)22-20-21-18(13-29-20)12-24-10-14(2)28-15(3)11-24/h5-7,9,13-15,23H,4,8,10-12H2,1-3H3,(H,21,22,25). The number of carbonyl (C=O) groups excluding carboxylic acids is 1. The number of ether oxygens (including phenoxy) is 1. The number of nitrogens with one attached hydrogen (secondary N) is 2. The number of carbonyl (C=O) groups is 1. The van der Waals surface area contributed by atoms with Crippen LogP contribution in [0.1, 0.15) is 43.2 Å². The molecule has 2 heterocycles. The summed E-state index contributed by atoms with van der Waals surface area (Å²) in [5.74, 6) is -0.299. The lowest BCUT2D eigenvalue weighted by atomic mass is 10.2. The Hall–Kier alpha value is -2.01. The van der Waals surface area contributed by atoms with E-state index in [1.807, 2.05) is 5.38 Å². The van der Waals surface area contributed by atoms with Crippen LogP contribution in [0.25, 0.3) is 0 Å². The van der Waals surface area contributed by atoms with Crippen molar-refractivity contribution in [3.63, 3.8) is 0 Å². The molecular weight excluding hydrogens is 424 g/mol. The highest BCUT2D eigenvalue weighted by molar-refractivity contribution is 7.92. The van der Waals surface area contributed by atoms with Gasteiger partial charge in [-0.25, -0.2) is 13.4 Å². The number of rotatable bonds is 8. The molecule has 164 valence electrons. The van der Waals surface area contributed by atoms with E-state index in [0.29, 0.717) is 29.3 Å². The normalized spacial score (nSPS) is 20.1. The topological polar surface area (TPSA) is 101 Å². The first kappa shape index (κ1) is 22.7. The minimum absolute atomic E-state index is 0.0337. The molecule has 1 amide bonds. The van der Waals surface area contributed by atoms with Gasteiger partial charge < -0.3 is 4.74 Å². The Bertz CT molecular complexity index is 967. The number of sulfonamides is 1. The summed E-state index contributed by atoms with van der Waals surface area (Å²) in [6.07, 6.45) is 0.895. The molecule has 2 atom stereocenters. The monoisotopic (exact) mass is 452 g/mol. The molecule has 2 N–H and O–H groups in total. The smallest absolute Gasteiger partial charge is 0.257 e. The molecule has 0 spiro atoms. The molecule has 3 rings (SSSR count). The Kier molecular flexibility index (Phi) is 7.45. The summed E-state index contributed by atoms with van der Waals surface area (Å²) >= 11 is 1.37. The maximum absolute atomic E-state index is 12.6. The Morgan fingerprint density at radius 3 is 2.73 bits per heavy atom. The van der Waals surface area contributed by atoms with Gasteiger partial charge in [-0.15, -0.1) is 11.3 Å². The lowest BCUT2D eigenvalue weighted by Gasteiger charge is -2.34. The van der Waals surface area contributed by atoms with E-state index in [1.165, 1.54) is 17.4 Å². The van der Waals surface area contributed by atoms with Crippen LogP contribution < -0.4 is 10.0 Å². The van der Waals surface area contributed by atoms with E-state index in [-0.39, 0.29) is 23.9 Å². The van der Waals surface area contributed by atoms with Gasteiger partial charge in [0.2, 0.25) is 10.0 Å². The van der Waals surface area contributed by atoms with Crippen molar-refractivity contribution in [3.05, 3.63) is 40.9 Å². The maximum Gasteiger partial charge on any atom is 0.257 e. The van der Waals surface area contributed by atoms with E-state index >= 15 is 0 Å². The van der Waals surface area contributed by atoms with Crippen molar-refractivity contribution in [2.24, 2.45) is 0 Å². The summed E-state index contributed by atoms with van der Waals surface area (Å²) in [6.45, 7) is 8.33. The van der Waals surface area contributed by atoms with Gasteiger partial charge in [0.25, 0.3) is 5.91 Å². The number of aromatic nitrogens is 1. The van der Waals surface area contributed by atoms with Crippen LogP contribution in [0.4, 0.5) is 10.8 Å². The van der Waals surface area contributed by atoms with Gasteiger partial charge in [-0.3, -0.25) is 19.7 Å². The van der Waals surface area contributed by atoms with E-state index in [9.17, 15) is 13.2 Å². The van der Waals surface area contributed by atoms with E-state index in [0.717, 1.165) is 18.8 Å². The first-order valence-electron chi connectivity index (χ1n) is 9.98. The first-order chi connectivity index (χ1) is 14.2. The van der Waals surface area contributed by atoms with Crippen molar-refractivity contribution in [1.29, 1.82) is 0 Å². The van der Waals surface area contributed by atoms with Crippen LogP contribution in [0.3, 0.4) is 0 Å². The summed E-state index contributed by atoms with van der Waals surface area (Å²) in [5.41, 5.74) is 1.63. The summed E-state index contributed by atoms with van der Waals surface area (Å²) in [7, 11) is -3.41. The van der Waals surface area contributed by atoms with Crippen molar-refractivity contribution >= 4 is 38.1 Å². The van der Waals surface area contributed by atoms with Crippen LogP contribution in [0, 0.1) is 0 Å². The second kappa shape index (κ2) is 9.86. The van der Waals surface area contributed by atoms with E-state index in [1.54, 1.807) is 25.1 Å². The van der Waals surface area contributed by atoms with Crippen LogP contribution in [0.15, 0.2) is 29.6 Å². The number of benzene rings is 1. The van der Waals surface area contributed by atoms with Gasteiger partial charge in [0.15, 0.2) is 5.13 Å². The molecule has 1 saturated heterocycles. The van der Waals surface area contributed by atoms with Gasteiger partial charge in [-0.1, -0.05) is 13.0 Å². The van der Waals surface area contributed by atoms with Crippen LogP contribution in [0.5, 0.6) is 0 Å². The Labute approximate surface area is 181 Å². The van der Waals surface area contributed by atoms with Gasteiger partial charge in [-0.05, 0) is 38.5 Å². The zero-order valence-electron chi connectivity index (χ0n) is 17.4. The molecular formula is C20H28N4O4S2. The minimum Gasteiger partial charge on any atom is -0.373 e. The third kappa shape index (κ3) is 6.49. The molecule has 0 radical (unpaired) electrons. The van der Waals surface area contributed by atoms with Crippen molar-refractivity contribution < 1.29 is 17.9 Å². The Morgan fingerprint density at radius 1 is 1.30 bits per heavy atom. The van der Waals surface area contributed by atoms with Gasteiger partial charge in [-0.2, -0.15) is 0 Å². The number of nitrogens with zero attached hydrogens (tertiary/aromatic N) is 2. The number of morpholine rings is 1. The number of thiazole rings is 1. The van der Waals surface area contributed by atoms with E-state index in [4.69, 9.17) is 4.74 Å². The average Bonchev–Trinajstić information content (AvgIpc) is 3.07. The summed E-state index contributed by atoms with van der Waals surface area (Å²) in [5, 5.41) is 5.25. The molecule has 30 heavy (non-hydrogen) atoms. The fraction of sp³-hybridized carbons (Fsp3) is 0.500. The summed E-state index contributed by atoms with van der Waals surface area (Å²) in [6, 6.07) is 6.42. The van der Waals surface area contributed by atoms with Crippen LogP contribution in [0.2, 0.25) is 0 Å². The molecule has 1 aliphatic rings. The van der Waals surface area contributed by atoms with E-state index in [2.05, 4.69) is 33.8 Å². The molecule has 0 bridgehead atoms. The largest absolute Gasteiger partial charge is 0.373 e. The predicted molar refractivity (Wildman–Crippen MR) is 119 cm³/mol. The average molecular weight is 453 g/mol. The molecule has 0 saturated carbocycles. The van der Waals surface area contributed by atoms with Crippen LogP contribution in [-0.2, 0) is 21.3 Å². The maximum atomic E-state index is 12.6. The van der Waals surface area contributed by atoms with Crippen molar-refractivity contribution in [2.75, 3.05) is 28.9 Å². The predicted octanol–water partition coefficient (Wildman–Crippen LogP) is 3.16. The molecule has 8 nitrogen and oxygen atoms in total. The molecule has 2 aromatic rings. The molecule has 0 aliphatic carbocycles. The zero-order valence-corrected chi connectivity index (χ0v) is 19.1. The molecule has 1 aromatic carbocycles. The highest BCUT2D eigenvalue weighted by atomic mass is 32.2. The first-order valence-corrected chi connectivity index (χ1v) is 12.5. The van der Waals surface area contributed by atoms with Crippen LogP contribution >= 0.6 is 11.3 Å². The molecule has 1 aliphatic heterocycles. The Morgan fingerprint density at radius 2 is 2.03 bits per heavy atom. The molecule has 10 heteroatoms. The Balaban J connectivity index is 1.61. The van der Waals surface area contributed by atoms with Crippen molar-refractivity contribution in [3.8, 4) is 0 Å². The second-order valence-electron chi connectivity index (χ2n) is 7.55. The van der Waals surface area contributed by atoms with Crippen molar-refractivity contribution in [2.45, 2.75) is 45.9 Å². The summed E-state index contributed by atoms with van der Waals surface area (Å²) < 4.78 is 32.1. The fourth-order valence-corrected chi connectivity index (χ4v) is 5.29. The zero-order chi connectivity index (χ0) is 21.7.